The van der Waals surface area contributed by atoms with Crippen LogP contribution in [0.1, 0.15) is 6.42 Å². The summed E-state index contributed by atoms with van der Waals surface area (Å²) in [4.78, 5) is 11.4. The van der Waals surface area contributed by atoms with E-state index in [0.29, 0.717) is 18.4 Å². The largest absolute Gasteiger partial charge is 0.506 e. The fraction of sp³-hybridized carbons (Fsp3) is 0.353. The second kappa shape index (κ2) is 6.61. The van der Waals surface area contributed by atoms with E-state index in [0.717, 1.165) is 4.31 Å². The van der Waals surface area contributed by atoms with Gasteiger partial charge in [0.05, 0.1) is 0 Å². The van der Waals surface area contributed by atoms with Crippen molar-refractivity contribution >= 4 is 33.5 Å². The third-order valence-electron chi connectivity index (χ3n) is 4.63. The van der Waals surface area contributed by atoms with Gasteiger partial charge >= 0.3 is 0 Å². The number of carbonyl (C=O) groups excluding carboxylic acids is 1. The number of rotatable bonds is 4. The number of nitrogens with one attached hydrogen (secondary N) is 2. The number of phenols is 1. The molecule has 2 saturated heterocycles. The highest BCUT2D eigenvalue weighted by Crippen LogP contribution is 2.38. The molecule has 2 aliphatic heterocycles. The molecule has 4 rings (SSSR count). The van der Waals surface area contributed by atoms with Crippen molar-refractivity contribution in [3.8, 4) is 11.5 Å². The van der Waals surface area contributed by atoms with E-state index >= 15 is 4.39 Å². The number of halogens is 2. The zero-order chi connectivity index (χ0) is 19.2. The van der Waals surface area contributed by atoms with Crippen molar-refractivity contribution in [2.45, 2.75) is 12.1 Å². The zero-order valence-corrected chi connectivity index (χ0v) is 14.9. The minimum Gasteiger partial charge on any atom is -0.506 e. The van der Waals surface area contributed by atoms with Gasteiger partial charge in [0, 0.05) is 11.9 Å². The number of benzene rings is 2. The minimum absolute atomic E-state index is 0.106. The second-order valence-corrected chi connectivity index (χ2v) is 7.76. The summed E-state index contributed by atoms with van der Waals surface area (Å²) >= 11 is -1.98. The van der Waals surface area contributed by atoms with Crippen LogP contribution in [0.2, 0.25) is 0 Å². The number of hydrogen-bond acceptors (Lipinski definition) is 5. The number of alkyl halides is 1. The lowest BCUT2D eigenvalue weighted by molar-refractivity contribution is -0.117. The van der Waals surface area contributed by atoms with Crippen LogP contribution in [-0.4, -0.2) is 47.1 Å². The molecule has 3 N–H and O–H groups in total. The van der Waals surface area contributed by atoms with Gasteiger partial charge in [-0.05, 0) is 36.6 Å². The fourth-order valence-corrected chi connectivity index (χ4v) is 4.16. The molecule has 0 saturated carbocycles. The highest BCUT2D eigenvalue weighted by molar-refractivity contribution is 7.85. The fourth-order valence-electron chi connectivity index (χ4n) is 3.22. The number of hydrogen-bond donors (Lipinski definition) is 3. The minimum atomic E-state index is -1.98. The summed E-state index contributed by atoms with van der Waals surface area (Å²) in [7, 11) is 0. The van der Waals surface area contributed by atoms with E-state index in [1.165, 1.54) is 12.1 Å². The van der Waals surface area contributed by atoms with Gasteiger partial charge in [0.2, 0.25) is 11.2 Å². The van der Waals surface area contributed by atoms with E-state index in [1.807, 2.05) is 0 Å². The SMILES string of the molecule is O=C1CN(c2c(O)cc3ccc(OCC4(F)CCNC4)cc3c2F)S(=O)N1. The molecular weight excluding hydrogens is 380 g/mol. The first-order valence-corrected chi connectivity index (χ1v) is 9.44. The number of nitrogens with zero attached hydrogens (tertiary/aromatic N) is 1. The van der Waals surface area contributed by atoms with Gasteiger partial charge in [-0.25, -0.2) is 13.0 Å². The molecule has 7 nitrogen and oxygen atoms in total. The Kier molecular flexibility index (Phi) is 4.39. The van der Waals surface area contributed by atoms with Gasteiger partial charge in [-0.3, -0.25) is 13.8 Å². The molecular formula is C17H17F2N3O4S. The van der Waals surface area contributed by atoms with Crippen LogP contribution in [-0.2, 0) is 16.0 Å². The van der Waals surface area contributed by atoms with E-state index < -0.39 is 34.3 Å². The lowest BCUT2D eigenvalue weighted by Gasteiger charge is -2.20. The molecule has 1 amide bonds. The molecule has 2 unspecified atom stereocenters. The number of anilines is 1. The molecule has 0 radical (unpaired) electrons. The Morgan fingerprint density at radius 2 is 2.19 bits per heavy atom. The number of aromatic hydroxyl groups is 1. The van der Waals surface area contributed by atoms with Crippen LogP contribution >= 0.6 is 0 Å². The quantitative estimate of drug-likeness (QED) is 0.723. The normalized spacial score (nSPS) is 25.2. The molecule has 0 bridgehead atoms. The maximum absolute atomic E-state index is 15.1. The van der Waals surface area contributed by atoms with Crippen LogP contribution in [0.4, 0.5) is 14.5 Å². The molecule has 27 heavy (non-hydrogen) atoms. The van der Waals surface area contributed by atoms with Gasteiger partial charge in [-0.2, -0.15) is 0 Å². The summed E-state index contributed by atoms with van der Waals surface area (Å²) in [6.45, 7) is 0.284. The van der Waals surface area contributed by atoms with Gasteiger partial charge in [0.1, 0.15) is 30.3 Å². The van der Waals surface area contributed by atoms with Crippen molar-refractivity contribution in [3.63, 3.8) is 0 Å². The molecule has 2 aromatic rings. The number of fused-ring (bicyclic) bond motifs is 1. The van der Waals surface area contributed by atoms with Crippen LogP contribution in [0, 0.1) is 5.82 Å². The van der Waals surface area contributed by atoms with E-state index in [1.54, 1.807) is 12.1 Å². The monoisotopic (exact) mass is 397 g/mol. The second-order valence-electron chi connectivity index (χ2n) is 6.62. The molecule has 2 atom stereocenters. The third-order valence-corrected chi connectivity index (χ3v) is 5.75. The Bertz CT molecular complexity index is 949. The predicted molar refractivity (Wildman–Crippen MR) is 96.0 cm³/mol. The first-order valence-electron chi connectivity index (χ1n) is 8.33. The van der Waals surface area contributed by atoms with E-state index in [-0.39, 0.29) is 36.5 Å². The van der Waals surface area contributed by atoms with Gasteiger partial charge < -0.3 is 15.2 Å². The predicted octanol–water partition coefficient (Wildman–Crippen LogP) is 1.28. The molecule has 10 heteroatoms. The van der Waals surface area contributed by atoms with Gasteiger partial charge in [-0.15, -0.1) is 0 Å². The summed E-state index contributed by atoms with van der Waals surface area (Å²) in [5.74, 6) is -1.53. The molecule has 144 valence electrons. The standard InChI is InChI=1S/C17H17F2N3O4S/c18-15-12-6-11(26-9-17(19)3-4-20-8-17)2-1-10(12)5-13(23)16(15)22-7-14(24)21-27(22)25/h1-2,5-6,20,23H,3-4,7-9H2,(H,21,24). The first kappa shape index (κ1) is 17.9. The Morgan fingerprint density at radius 1 is 1.37 bits per heavy atom. The Hall–Kier alpha value is -2.46. The van der Waals surface area contributed by atoms with Crippen LogP contribution in [0.25, 0.3) is 10.8 Å². The number of phenolic OH excluding ortho intramolecular Hbond substituents is 1. The molecule has 2 heterocycles. The highest BCUT2D eigenvalue weighted by Gasteiger charge is 2.35. The molecule has 2 fully saturated rings. The topological polar surface area (TPSA) is 90.9 Å². The summed E-state index contributed by atoms with van der Waals surface area (Å²) in [6.07, 6.45) is 0.342. The molecule has 2 aromatic carbocycles. The lowest BCUT2D eigenvalue weighted by atomic mass is 10.1. The summed E-state index contributed by atoms with van der Waals surface area (Å²) in [5, 5.41) is 13.6. The summed E-state index contributed by atoms with van der Waals surface area (Å²) < 4.78 is 50.0. The highest BCUT2D eigenvalue weighted by atomic mass is 32.2. The van der Waals surface area contributed by atoms with Crippen LogP contribution in [0.3, 0.4) is 0 Å². The maximum Gasteiger partial charge on any atom is 0.253 e. The lowest BCUT2D eigenvalue weighted by Crippen LogP contribution is -2.33. The molecule has 0 aromatic heterocycles. The van der Waals surface area contributed by atoms with Gasteiger partial charge in [-0.1, -0.05) is 6.07 Å². The van der Waals surface area contributed by atoms with E-state index in [9.17, 15) is 18.5 Å². The molecule has 2 aliphatic rings. The van der Waals surface area contributed by atoms with Crippen molar-refractivity contribution in [2.75, 3.05) is 30.5 Å². The van der Waals surface area contributed by atoms with Crippen molar-refractivity contribution in [1.29, 1.82) is 0 Å². The van der Waals surface area contributed by atoms with Crippen LogP contribution in [0.15, 0.2) is 24.3 Å². The van der Waals surface area contributed by atoms with Crippen LogP contribution < -0.4 is 19.1 Å². The van der Waals surface area contributed by atoms with Crippen molar-refractivity contribution < 1.29 is 27.6 Å². The Morgan fingerprint density at radius 3 is 2.85 bits per heavy atom. The van der Waals surface area contributed by atoms with Crippen LogP contribution in [0.5, 0.6) is 11.5 Å². The van der Waals surface area contributed by atoms with E-state index in [4.69, 9.17) is 4.74 Å². The molecule has 0 spiro atoms. The summed E-state index contributed by atoms with van der Waals surface area (Å²) in [6, 6.07) is 5.81. The van der Waals surface area contributed by atoms with Crippen molar-refractivity contribution in [3.05, 3.63) is 30.1 Å². The number of ether oxygens (including phenoxy) is 1. The smallest absolute Gasteiger partial charge is 0.253 e. The number of amides is 1. The number of carbonyl (C=O) groups is 1. The summed E-state index contributed by atoms with van der Waals surface area (Å²) in [5.41, 5.74) is -1.80. The zero-order valence-electron chi connectivity index (χ0n) is 14.1. The van der Waals surface area contributed by atoms with Gasteiger partial charge in [0.25, 0.3) is 5.91 Å². The van der Waals surface area contributed by atoms with E-state index in [2.05, 4.69) is 10.0 Å². The maximum atomic E-state index is 15.1. The van der Waals surface area contributed by atoms with Crippen molar-refractivity contribution in [2.24, 2.45) is 0 Å². The Balaban J connectivity index is 1.68. The molecule has 0 aliphatic carbocycles. The van der Waals surface area contributed by atoms with Gasteiger partial charge in [0.15, 0.2) is 11.5 Å². The third kappa shape index (κ3) is 3.30. The average molecular weight is 397 g/mol. The first-order chi connectivity index (χ1) is 12.9. The van der Waals surface area contributed by atoms with Crippen molar-refractivity contribution in [1.82, 2.24) is 10.0 Å². The Labute approximate surface area is 156 Å². The average Bonchev–Trinajstić information content (AvgIpc) is 3.19.